The van der Waals surface area contributed by atoms with E-state index >= 15 is 0 Å². The molecule has 1 aliphatic rings. The number of halogens is 2. The Kier molecular flexibility index (Phi) is 5.04. The normalized spacial score (nSPS) is 21.3. The van der Waals surface area contributed by atoms with Crippen LogP contribution in [0.25, 0.3) is 0 Å². The van der Waals surface area contributed by atoms with Crippen LogP contribution in [0, 0.1) is 11.9 Å². The fourth-order valence-electron chi connectivity index (χ4n) is 3.71. The summed E-state index contributed by atoms with van der Waals surface area (Å²) in [6.45, 7) is 2.19. The van der Waals surface area contributed by atoms with E-state index in [4.69, 9.17) is 0 Å². The van der Waals surface area contributed by atoms with Crippen molar-refractivity contribution in [1.82, 2.24) is 4.98 Å². The molecule has 0 unspecified atom stereocenters. The molecule has 23 heavy (non-hydrogen) atoms. The summed E-state index contributed by atoms with van der Waals surface area (Å²) in [6.07, 6.45) is 6.27. The van der Waals surface area contributed by atoms with E-state index in [-0.39, 0.29) is 5.92 Å². The topological polar surface area (TPSA) is 12.9 Å². The molecule has 1 aromatic carbocycles. The number of aromatic nitrogens is 1. The summed E-state index contributed by atoms with van der Waals surface area (Å²) in [5, 5.41) is 0. The van der Waals surface area contributed by atoms with Gasteiger partial charge in [-0.15, -0.1) is 0 Å². The van der Waals surface area contributed by atoms with Crippen molar-refractivity contribution in [2.24, 2.45) is 0 Å². The summed E-state index contributed by atoms with van der Waals surface area (Å²) in [5.41, 5.74) is 3.36. The Morgan fingerprint density at radius 2 is 1.57 bits per heavy atom. The third-order valence-electron chi connectivity index (χ3n) is 5.00. The minimum Gasteiger partial charge on any atom is -0.190 e. The van der Waals surface area contributed by atoms with E-state index in [2.05, 4.69) is 36.2 Å². The van der Waals surface area contributed by atoms with E-state index in [0.717, 1.165) is 32.1 Å². The average Bonchev–Trinajstić information content (AvgIpc) is 2.56. The molecule has 0 radical (unpaired) electrons. The lowest BCUT2D eigenvalue weighted by Gasteiger charge is -2.29. The van der Waals surface area contributed by atoms with Crippen LogP contribution in [0.1, 0.15) is 67.6 Å². The molecular weight excluding hydrogens is 292 g/mol. The van der Waals surface area contributed by atoms with Crippen LogP contribution >= 0.6 is 0 Å². The van der Waals surface area contributed by atoms with Crippen molar-refractivity contribution in [3.63, 3.8) is 0 Å². The molecule has 122 valence electrons. The van der Waals surface area contributed by atoms with Gasteiger partial charge in [0.05, 0.1) is 0 Å². The van der Waals surface area contributed by atoms with Crippen LogP contribution in [0.15, 0.2) is 36.4 Å². The van der Waals surface area contributed by atoms with E-state index in [9.17, 15) is 8.78 Å². The van der Waals surface area contributed by atoms with Gasteiger partial charge >= 0.3 is 0 Å². The number of hydrogen-bond acceptors (Lipinski definition) is 1. The zero-order valence-electron chi connectivity index (χ0n) is 13.6. The van der Waals surface area contributed by atoms with Crippen molar-refractivity contribution in [3.05, 3.63) is 65.0 Å². The van der Waals surface area contributed by atoms with Gasteiger partial charge in [-0.05, 0) is 67.2 Å². The second-order valence-corrected chi connectivity index (χ2v) is 6.55. The highest BCUT2D eigenvalue weighted by Crippen LogP contribution is 2.40. The number of benzene rings is 1. The minimum atomic E-state index is -0.743. The molecule has 1 saturated carbocycles. The summed E-state index contributed by atoms with van der Waals surface area (Å²) >= 11 is 0. The molecule has 0 spiro atoms. The molecule has 1 heterocycles. The highest BCUT2D eigenvalue weighted by atomic mass is 19.1. The number of aryl methyl sites for hydroxylation is 1. The van der Waals surface area contributed by atoms with Crippen LogP contribution in [-0.2, 0) is 6.42 Å². The maximum Gasteiger partial charge on any atom is 0.218 e. The zero-order valence-corrected chi connectivity index (χ0v) is 13.6. The van der Waals surface area contributed by atoms with Gasteiger partial charge in [0.1, 0.15) is 0 Å². The third-order valence-corrected chi connectivity index (χ3v) is 5.00. The molecule has 1 fully saturated rings. The van der Waals surface area contributed by atoms with Gasteiger partial charge in [0.25, 0.3) is 0 Å². The minimum absolute atomic E-state index is 0.165. The van der Waals surface area contributed by atoms with Crippen molar-refractivity contribution >= 4 is 0 Å². The Morgan fingerprint density at radius 3 is 2.17 bits per heavy atom. The van der Waals surface area contributed by atoms with E-state index < -0.39 is 11.9 Å². The molecule has 0 bridgehead atoms. The van der Waals surface area contributed by atoms with Crippen molar-refractivity contribution in [2.75, 3.05) is 0 Å². The van der Waals surface area contributed by atoms with Gasteiger partial charge in [-0.25, -0.2) is 0 Å². The molecule has 1 aliphatic carbocycles. The second-order valence-electron chi connectivity index (χ2n) is 6.55. The zero-order chi connectivity index (χ0) is 16.2. The molecule has 1 nitrogen and oxygen atoms in total. The fourth-order valence-corrected chi connectivity index (χ4v) is 3.71. The highest BCUT2D eigenvalue weighted by molar-refractivity contribution is 5.27. The van der Waals surface area contributed by atoms with Crippen LogP contribution in [0.2, 0.25) is 0 Å². The Morgan fingerprint density at radius 1 is 0.913 bits per heavy atom. The summed E-state index contributed by atoms with van der Waals surface area (Å²) in [5.74, 6) is -0.665. The molecular formula is C20H23F2N. The Labute approximate surface area is 136 Å². The van der Waals surface area contributed by atoms with E-state index in [1.165, 1.54) is 23.6 Å². The standard InChI is InChI=1S/C20H23F2N/c1-2-3-14-4-6-15(7-5-14)16-8-10-17(11-9-16)18-12-13-19(21)23-20(18)22/h4-7,12-13,16-17H,2-3,8-11H2,1H3/t16-,17-. The van der Waals surface area contributed by atoms with Crippen LogP contribution in [0.4, 0.5) is 8.78 Å². The first-order valence-corrected chi connectivity index (χ1v) is 8.58. The van der Waals surface area contributed by atoms with Gasteiger partial charge in [0.15, 0.2) is 0 Å². The van der Waals surface area contributed by atoms with Gasteiger partial charge < -0.3 is 0 Å². The Balaban J connectivity index is 1.63. The Bertz CT molecular complexity index is 643. The van der Waals surface area contributed by atoms with E-state index in [1.54, 1.807) is 6.07 Å². The van der Waals surface area contributed by atoms with Gasteiger partial charge in [-0.1, -0.05) is 37.6 Å². The summed E-state index contributed by atoms with van der Waals surface area (Å²) in [4.78, 5) is 3.32. The van der Waals surface area contributed by atoms with Gasteiger partial charge in [0.2, 0.25) is 11.9 Å². The SMILES string of the molecule is CCCc1ccc([C@H]2CC[C@H](c3ccc(F)nc3F)CC2)cc1. The summed E-state index contributed by atoms with van der Waals surface area (Å²) < 4.78 is 26.8. The molecule has 1 aromatic heterocycles. The van der Waals surface area contributed by atoms with Crippen LogP contribution < -0.4 is 0 Å². The number of rotatable bonds is 4. The predicted molar refractivity (Wildman–Crippen MR) is 88.5 cm³/mol. The van der Waals surface area contributed by atoms with Crippen LogP contribution in [-0.4, -0.2) is 4.98 Å². The fraction of sp³-hybridized carbons (Fsp3) is 0.450. The third kappa shape index (κ3) is 3.77. The molecule has 0 amide bonds. The maximum atomic E-state index is 13.8. The first kappa shape index (κ1) is 16.1. The first-order valence-electron chi connectivity index (χ1n) is 8.58. The van der Waals surface area contributed by atoms with Crippen molar-refractivity contribution in [2.45, 2.75) is 57.3 Å². The van der Waals surface area contributed by atoms with Crippen molar-refractivity contribution in [3.8, 4) is 0 Å². The van der Waals surface area contributed by atoms with Crippen molar-refractivity contribution in [1.29, 1.82) is 0 Å². The monoisotopic (exact) mass is 315 g/mol. The van der Waals surface area contributed by atoms with Gasteiger partial charge in [-0.2, -0.15) is 13.8 Å². The van der Waals surface area contributed by atoms with E-state index in [1.807, 2.05) is 0 Å². The van der Waals surface area contributed by atoms with Gasteiger partial charge in [0, 0.05) is 5.56 Å². The number of hydrogen-bond donors (Lipinski definition) is 0. The van der Waals surface area contributed by atoms with Gasteiger partial charge in [-0.3, -0.25) is 0 Å². The molecule has 0 saturated heterocycles. The number of nitrogens with zero attached hydrogens (tertiary/aromatic N) is 1. The molecule has 3 heteroatoms. The van der Waals surface area contributed by atoms with Crippen LogP contribution in [0.3, 0.4) is 0 Å². The lowest BCUT2D eigenvalue weighted by molar-refractivity contribution is 0.381. The largest absolute Gasteiger partial charge is 0.218 e. The first-order chi connectivity index (χ1) is 11.2. The average molecular weight is 315 g/mol. The quantitative estimate of drug-likeness (QED) is 0.654. The molecule has 0 atom stereocenters. The Hall–Kier alpha value is -1.77. The smallest absolute Gasteiger partial charge is 0.190 e. The summed E-state index contributed by atoms with van der Waals surface area (Å²) in [6, 6.07) is 11.8. The lowest BCUT2D eigenvalue weighted by atomic mass is 9.76. The predicted octanol–water partition coefficient (Wildman–Crippen LogP) is 5.75. The maximum absolute atomic E-state index is 13.8. The molecule has 0 N–H and O–H groups in total. The lowest BCUT2D eigenvalue weighted by Crippen LogP contribution is -2.14. The molecule has 0 aliphatic heterocycles. The van der Waals surface area contributed by atoms with Crippen molar-refractivity contribution < 1.29 is 8.78 Å². The highest BCUT2D eigenvalue weighted by Gasteiger charge is 2.25. The molecule has 3 rings (SSSR count). The van der Waals surface area contributed by atoms with E-state index in [0.29, 0.717) is 11.5 Å². The number of pyridine rings is 1. The second kappa shape index (κ2) is 7.20. The summed E-state index contributed by atoms with van der Waals surface area (Å²) in [7, 11) is 0. The van der Waals surface area contributed by atoms with Crippen LogP contribution in [0.5, 0.6) is 0 Å². The molecule has 2 aromatic rings.